The summed E-state index contributed by atoms with van der Waals surface area (Å²) in [5.74, 6) is 0. The van der Waals surface area contributed by atoms with E-state index in [1.54, 1.807) is 13.2 Å². The first-order valence-electron chi connectivity index (χ1n) is 6.87. The molecule has 0 spiro atoms. The van der Waals surface area contributed by atoms with E-state index in [0.717, 1.165) is 34.6 Å². The molecule has 0 amide bonds. The lowest BCUT2D eigenvalue weighted by Gasteiger charge is -2.08. The normalized spacial score (nSPS) is 12.0. The molecule has 1 aromatic carbocycles. The largest absolute Gasteiger partial charge is 0.366 e. The van der Waals surface area contributed by atoms with Crippen LogP contribution in [0.4, 0.5) is 5.69 Å². The predicted molar refractivity (Wildman–Crippen MR) is 89.3 cm³/mol. The van der Waals surface area contributed by atoms with Crippen molar-refractivity contribution >= 4 is 28.7 Å². The Bertz CT molecular complexity index is 972. The van der Waals surface area contributed by atoms with E-state index in [1.807, 2.05) is 22.7 Å². The molecule has 0 radical (unpaired) electrons. The minimum Gasteiger partial charge on any atom is -0.366 e. The molecule has 2 heterocycles. The Morgan fingerprint density at radius 1 is 1.45 bits per heavy atom. The third kappa shape index (κ3) is 1.82. The first-order valence-corrected chi connectivity index (χ1v) is 7.28. The average molecular weight is 311 g/mol. The molecule has 6 nitrogen and oxygen atoms in total. The van der Waals surface area contributed by atoms with Crippen LogP contribution in [0.3, 0.4) is 0 Å². The van der Waals surface area contributed by atoms with Crippen LogP contribution in [0.1, 0.15) is 11.3 Å². The summed E-state index contributed by atoms with van der Waals surface area (Å²) in [7, 11) is 1.78. The molecule has 0 unspecified atom stereocenters. The SMILES string of the molecule is CNC(=S)Nc1ccc2c(c1)Cc1c-2[nH]c(=O)c2nccn12. The van der Waals surface area contributed by atoms with Crippen molar-refractivity contribution in [3.8, 4) is 11.3 Å². The van der Waals surface area contributed by atoms with Crippen molar-refractivity contribution in [3.63, 3.8) is 0 Å². The summed E-state index contributed by atoms with van der Waals surface area (Å²) in [6.45, 7) is 0. The molecule has 7 heteroatoms. The number of anilines is 1. The maximum absolute atomic E-state index is 12.1. The van der Waals surface area contributed by atoms with E-state index < -0.39 is 0 Å². The number of hydrogen-bond donors (Lipinski definition) is 3. The maximum atomic E-state index is 12.1. The quantitative estimate of drug-likeness (QED) is 0.465. The van der Waals surface area contributed by atoms with Crippen molar-refractivity contribution in [2.45, 2.75) is 6.42 Å². The van der Waals surface area contributed by atoms with Gasteiger partial charge in [0, 0.05) is 37.1 Å². The van der Waals surface area contributed by atoms with Gasteiger partial charge in [0.1, 0.15) is 0 Å². The molecule has 0 fully saturated rings. The number of thiocarbonyl (C=S) groups is 1. The molecule has 2 aromatic heterocycles. The summed E-state index contributed by atoms with van der Waals surface area (Å²) >= 11 is 5.12. The Hall–Kier alpha value is -2.67. The van der Waals surface area contributed by atoms with Crippen LogP contribution in [0, 0.1) is 0 Å². The number of fused-ring (bicyclic) bond motifs is 5. The molecule has 0 aliphatic heterocycles. The van der Waals surface area contributed by atoms with Gasteiger partial charge in [-0.05, 0) is 29.9 Å². The molecule has 0 saturated carbocycles. The van der Waals surface area contributed by atoms with Crippen LogP contribution in [0.25, 0.3) is 16.9 Å². The number of aromatic nitrogens is 3. The third-order valence-corrected chi connectivity index (χ3v) is 4.19. The van der Waals surface area contributed by atoms with E-state index in [2.05, 4.69) is 26.7 Å². The first kappa shape index (κ1) is 13.0. The van der Waals surface area contributed by atoms with E-state index in [1.165, 1.54) is 0 Å². The molecule has 22 heavy (non-hydrogen) atoms. The fourth-order valence-corrected chi connectivity index (χ4v) is 3.00. The van der Waals surface area contributed by atoms with Crippen molar-refractivity contribution in [2.24, 2.45) is 0 Å². The van der Waals surface area contributed by atoms with Gasteiger partial charge in [0.05, 0.1) is 11.4 Å². The number of nitrogens with zero attached hydrogens (tertiary/aromatic N) is 2. The Morgan fingerprint density at radius 2 is 2.32 bits per heavy atom. The van der Waals surface area contributed by atoms with Gasteiger partial charge in [-0.15, -0.1) is 0 Å². The van der Waals surface area contributed by atoms with Gasteiger partial charge in [-0.3, -0.25) is 9.20 Å². The fraction of sp³-hybridized carbons (Fsp3) is 0.133. The maximum Gasteiger partial charge on any atom is 0.292 e. The molecule has 4 rings (SSSR count). The summed E-state index contributed by atoms with van der Waals surface area (Å²) < 4.78 is 1.86. The number of H-pyrrole nitrogens is 1. The number of aromatic amines is 1. The van der Waals surface area contributed by atoms with Gasteiger partial charge in [-0.2, -0.15) is 0 Å². The molecule has 0 saturated heterocycles. The van der Waals surface area contributed by atoms with Gasteiger partial charge in [-0.25, -0.2) is 4.98 Å². The number of rotatable bonds is 1. The van der Waals surface area contributed by atoms with Crippen LogP contribution >= 0.6 is 12.2 Å². The molecular weight excluding hydrogens is 298 g/mol. The van der Waals surface area contributed by atoms with Crippen LogP contribution in [-0.2, 0) is 6.42 Å². The van der Waals surface area contributed by atoms with Crippen LogP contribution in [0.2, 0.25) is 0 Å². The Morgan fingerprint density at radius 3 is 3.14 bits per heavy atom. The van der Waals surface area contributed by atoms with Crippen LogP contribution in [0.5, 0.6) is 0 Å². The molecule has 3 N–H and O–H groups in total. The average Bonchev–Trinajstić information content (AvgIpc) is 3.11. The second-order valence-electron chi connectivity index (χ2n) is 5.15. The van der Waals surface area contributed by atoms with Crippen molar-refractivity contribution in [2.75, 3.05) is 12.4 Å². The van der Waals surface area contributed by atoms with E-state index in [-0.39, 0.29) is 5.56 Å². The van der Waals surface area contributed by atoms with Crippen LogP contribution < -0.4 is 16.2 Å². The topological polar surface area (TPSA) is 74.2 Å². The molecule has 1 aliphatic rings. The Labute approximate surface area is 131 Å². The molecule has 0 bridgehead atoms. The van der Waals surface area contributed by atoms with Gasteiger partial charge in [0.25, 0.3) is 5.56 Å². The number of imidazole rings is 1. The molecular formula is C15H13N5OS. The summed E-state index contributed by atoms with van der Waals surface area (Å²) in [5, 5.41) is 6.58. The lowest BCUT2D eigenvalue weighted by Crippen LogP contribution is -2.24. The summed E-state index contributed by atoms with van der Waals surface area (Å²) in [6.07, 6.45) is 4.22. The summed E-state index contributed by atoms with van der Waals surface area (Å²) in [5.41, 5.74) is 5.30. The number of benzene rings is 1. The van der Waals surface area contributed by atoms with Crippen molar-refractivity contribution in [1.29, 1.82) is 0 Å². The standard InChI is InChI=1S/C15H13N5OS/c1-16-15(22)18-9-2-3-10-8(6-9)7-11-12(10)19-14(21)13-17-4-5-20(11)13/h2-6H,7H2,1H3,(H,19,21)(H2,16,18,22). The zero-order valence-electron chi connectivity index (χ0n) is 11.8. The summed E-state index contributed by atoms with van der Waals surface area (Å²) in [4.78, 5) is 19.1. The zero-order chi connectivity index (χ0) is 15.3. The van der Waals surface area contributed by atoms with E-state index in [0.29, 0.717) is 10.8 Å². The molecule has 1 aliphatic carbocycles. The van der Waals surface area contributed by atoms with Gasteiger partial charge in [-0.1, -0.05) is 6.07 Å². The molecule has 3 aromatic rings. The van der Waals surface area contributed by atoms with Crippen molar-refractivity contribution in [1.82, 2.24) is 19.7 Å². The van der Waals surface area contributed by atoms with E-state index in [9.17, 15) is 4.79 Å². The second kappa shape index (κ2) is 4.67. The highest BCUT2D eigenvalue weighted by Gasteiger charge is 2.23. The fourth-order valence-electron chi connectivity index (χ4n) is 2.88. The van der Waals surface area contributed by atoms with E-state index >= 15 is 0 Å². The van der Waals surface area contributed by atoms with Crippen LogP contribution in [-0.4, -0.2) is 26.5 Å². The highest BCUT2D eigenvalue weighted by Crippen LogP contribution is 2.35. The first-order chi connectivity index (χ1) is 10.7. The van der Waals surface area contributed by atoms with Crippen LogP contribution in [0.15, 0.2) is 35.4 Å². The Balaban J connectivity index is 1.84. The highest BCUT2D eigenvalue weighted by atomic mass is 32.1. The molecule has 110 valence electrons. The monoisotopic (exact) mass is 311 g/mol. The van der Waals surface area contributed by atoms with E-state index in [4.69, 9.17) is 12.2 Å². The van der Waals surface area contributed by atoms with Crippen molar-refractivity contribution in [3.05, 3.63) is 52.2 Å². The predicted octanol–water partition coefficient (Wildman–Crippen LogP) is 1.51. The minimum atomic E-state index is -0.171. The second-order valence-corrected chi connectivity index (χ2v) is 5.56. The Kier molecular flexibility index (Phi) is 2.77. The van der Waals surface area contributed by atoms with Gasteiger partial charge >= 0.3 is 0 Å². The lowest BCUT2D eigenvalue weighted by atomic mass is 10.1. The molecule has 0 atom stereocenters. The highest BCUT2D eigenvalue weighted by molar-refractivity contribution is 7.80. The lowest BCUT2D eigenvalue weighted by molar-refractivity contribution is 1.00. The van der Waals surface area contributed by atoms with Crippen molar-refractivity contribution < 1.29 is 0 Å². The van der Waals surface area contributed by atoms with Gasteiger partial charge in [0.15, 0.2) is 5.11 Å². The number of nitrogens with one attached hydrogen (secondary N) is 3. The van der Waals surface area contributed by atoms with Gasteiger partial charge in [0.2, 0.25) is 5.65 Å². The number of hydrogen-bond acceptors (Lipinski definition) is 3. The third-order valence-electron chi connectivity index (χ3n) is 3.88. The smallest absolute Gasteiger partial charge is 0.292 e. The summed E-state index contributed by atoms with van der Waals surface area (Å²) in [6, 6.07) is 6.01. The zero-order valence-corrected chi connectivity index (χ0v) is 12.6. The van der Waals surface area contributed by atoms with Gasteiger partial charge < -0.3 is 15.6 Å². The minimum absolute atomic E-state index is 0.171.